The molecule has 0 aliphatic carbocycles. The molecule has 0 aromatic heterocycles. The van der Waals surface area contributed by atoms with E-state index in [-0.39, 0.29) is 0 Å². The van der Waals surface area contributed by atoms with Crippen LogP contribution in [0.3, 0.4) is 0 Å². The minimum atomic E-state index is 0.440. The first-order chi connectivity index (χ1) is 6.19. The second-order valence-corrected chi connectivity index (χ2v) is 5.46. The molecule has 3 heterocycles. The first kappa shape index (κ1) is 8.05. The van der Waals surface area contributed by atoms with Gasteiger partial charge in [0.1, 0.15) is 0 Å². The van der Waals surface area contributed by atoms with Crippen molar-refractivity contribution in [3.05, 3.63) is 12.2 Å². The normalized spacial score (nSPS) is 54.2. The van der Waals surface area contributed by atoms with Crippen LogP contribution in [-0.4, -0.2) is 22.5 Å². The minimum absolute atomic E-state index is 0.440. The summed E-state index contributed by atoms with van der Waals surface area (Å²) in [6.07, 6.45) is 10.6. The van der Waals surface area contributed by atoms with Gasteiger partial charge in [0.25, 0.3) is 0 Å². The average Bonchev–Trinajstić information content (AvgIpc) is 2.56. The van der Waals surface area contributed by atoms with Crippen LogP contribution in [0.4, 0.5) is 0 Å². The highest BCUT2D eigenvalue weighted by Crippen LogP contribution is 2.47. The zero-order chi connectivity index (χ0) is 9.05. The van der Waals surface area contributed by atoms with Gasteiger partial charge in [-0.1, -0.05) is 19.1 Å². The van der Waals surface area contributed by atoms with Crippen molar-refractivity contribution in [1.82, 2.24) is 4.90 Å². The fourth-order valence-electron chi connectivity index (χ4n) is 3.77. The van der Waals surface area contributed by atoms with Crippen molar-refractivity contribution in [1.29, 1.82) is 0 Å². The highest BCUT2D eigenvalue weighted by Gasteiger charge is 2.49. The molecule has 0 N–H and O–H groups in total. The molecule has 0 aromatic rings. The molecule has 2 fully saturated rings. The highest BCUT2D eigenvalue weighted by atomic mass is 15.3. The first-order valence-electron chi connectivity index (χ1n) is 5.67. The first-order valence-corrected chi connectivity index (χ1v) is 5.67. The van der Waals surface area contributed by atoms with E-state index in [0.717, 1.165) is 18.0 Å². The van der Waals surface area contributed by atoms with Gasteiger partial charge in [0.2, 0.25) is 0 Å². The summed E-state index contributed by atoms with van der Waals surface area (Å²) in [5, 5.41) is 0. The highest BCUT2D eigenvalue weighted by molar-refractivity contribution is 5.23. The maximum atomic E-state index is 2.78. The third-order valence-electron chi connectivity index (χ3n) is 4.32. The number of piperidine rings is 1. The van der Waals surface area contributed by atoms with E-state index in [1.165, 1.54) is 25.7 Å². The summed E-state index contributed by atoms with van der Waals surface area (Å²) in [5.41, 5.74) is 0.440. The number of nitrogens with zero attached hydrogens (tertiary/aromatic N) is 1. The van der Waals surface area contributed by atoms with Crippen molar-refractivity contribution in [2.24, 2.45) is 5.92 Å². The maximum Gasteiger partial charge on any atom is 0.0373 e. The Hall–Kier alpha value is -0.300. The fourth-order valence-corrected chi connectivity index (χ4v) is 3.77. The van der Waals surface area contributed by atoms with Gasteiger partial charge >= 0.3 is 0 Å². The standard InChI is InChI=1S/C12H19N/c1-9-7-10-3-5-12(2)6-4-11(8-9)13(10)12/h3,5,9-11H,4,6-8H2,1-2H3. The van der Waals surface area contributed by atoms with Crippen molar-refractivity contribution >= 4 is 0 Å². The summed E-state index contributed by atoms with van der Waals surface area (Å²) < 4.78 is 0. The lowest BCUT2D eigenvalue weighted by atomic mass is 9.88. The van der Waals surface area contributed by atoms with Crippen LogP contribution in [-0.2, 0) is 0 Å². The van der Waals surface area contributed by atoms with E-state index in [1.54, 1.807) is 0 Å². The van der Waals surface area contributed by atoms with Crippen LogP contribution in [0.5, 0.6) is 0 Å². The van der Waals surface area contributed by atoms with E-state index in [4.69, 9.17) is 0 Å². The molecule has 1 nitrogen and oxygen atoms in total. The van der Waals surface area contributed by atoms with Crippen LogP contribution >= 0.6 is 0 Å². The molecule has 0 bridgehead atoms. The molecule has 0 aromatic carbocycles. The second-order valence-electron chi connectivity index (χ2n) is 5.46. The van der Waals surface area contributed by atoms with Gasteiger partial charge in [-0.25, -0.2) is 0 Å². The molecule has 3 rings (SSSR count). The van der Waals surface area contributed by atoms with Crippen LogP contribution < -0.4 is 0 Å². The molecule has 3 aliphatic heterocycles. The zero-order valence-electron chi connectivity index (χ0n) is 8.66. The smallest absolute Gasteiger partial charge is 0.0373 e. The minimum Gasteiger partial charge on any atom is -0.285 e. The van der Waals surface area contributed by atoms with Gasteiger partial charge in [0.05, 0.1) is 0 Å². The van der Waals surface area contributed by atoms with Crippen molar-refractivity contribution in [3.63, 3.8) is 0 Å². The summed E-state index contributed by atoms with van der Waals surface area (Å²) in [5.74, 6) is 0.941. The maximum absolute atomic E-state index is 2.78. The van der Waals surface area contributed by atoms with Crippen molar-refractivity contribution in [3.8, 4) is 0 Å². The molecule has 2 saturated heterocycles. The van der Waals surface area contributed by atoms with E-state index in [0.29, 0.717) is 5.54 Å². The SMILES string of the molecule is CC1CC2C=CC3(C)CCC(C1)N23. The lowest BCUT2D eigenvalue weighted by molar-refractivity contribution is 0.0713. The van der Waals surface area contributed by atoms with E-state index < -0.39 is 0 Å². The van der Waals surface area contributed by atoms with Crippen LogP contribution in [0.25, 0.3) is 0 Å². The van der Waals surface area contributed by atoms with E-state index in [9.17, 15) is 0 Å². The molecular formula is C12H19N. The lowest BCUT2D eigenvalue weighted by Crippen LogP contribution is -2.49. The van der Waals surface area contributed by atoms with E-state index in [1.807, 2.05) is 0 Å². The van der Waals surface area contributed by atoms with Crippen LogP contribution in [0.2, 0.25) is 0 Å². The fraction of sp³-hybridized carbons (Fsp3) is 0.833. The molecule has 13 heavy (non-hydrogen) atoms. The van der Waals surface area contributed by atoms with Crippen molar-refractivity contribution < 1.29 is 0 Å². The summed E-state index contributed by atoms with van der Waals surface area (Å²) in [6, 6.07) is 1.68. The van der Waals surface area contributed by atoms with Crippen LogP contribution in [0, 0.1) is 5.92 Å². The Morgan fingerprint density at radius 3 is 3.08 bits per heavy atom. The van der Waals surface area contributed by atoms with Gasteiger partial charge in [-0.3, -0.25) is 4.90 Å². The van der Waals surface area contributed by atoms with Gasteiger partial charge < -0.3 is 0 Å². The summed E-state index contributed by atoms with van der Waals surface area (Å²) >= 11 is 0. The van der Waals surface area contributed by atoms with Crippen molar-refractivity contribution in [2.45, 2.75) is 57.2 Å². The molecule has 0 amide bonds. The second kappa shape index (κ2) is 2.38. The number of hydrogen-bond donors (Lipinski definition) is 0. The molecule has 72 valence electrons. The number of rotatable bonds is 0. The molecule has 0 radical (unpaired) electrons. The Balaban J connectivity index is 1.95. The Kier molecular flexibility index (Phi) is 1.48. The predicted octanol–water partition coefficient (Wildman–Crippen LogP) is 2.58. The average molecular weight is 177 g/mol. The summed E-state index contributed by atoms with van der Waals surface area (Å²) in [6.45, 7) is 4.83. The third kappa shape index (κ3) is 0.969. The quantitative estimate of drug-likeness (QED) is 0.514. The lowest BCUT2D eigenvalue weighted by Gasteiger charge is -2.42. The predicted molar refractivity (Wildman–Crippen MR) is 54.6 cm³/mol. The zero-order valence-corrected chi connectivity index (χ0v) is 8.66. The Labute approximate surface area is 80.8 Å². The Morgan fingerprint density at radius 1 is 1.38 bits per heavy atom. The number of hydrogen-bond acceptors (Lipinski definition) is 1. The summed E-state index contributed by atoms with van der Waals surface area (Å²) in [4.78, 5) is 2.78. The van der Waals surface area contributed by atoms with E-state index in [2.05, 4.69) is 30.9 Å². The van der Waals surface area contributed by atoms with Gasteiger partial charge in [0, 0.05) is 17.6 Å². The van der Waals surface area contributed by atoms with Gasteiger partial charge in [0.15, 0.2) is 0 Å². The largest absolute Gasteiger partial charge is 0.285 e. The van der Waals surface area contributed by atoms with Crippen LogP contribution in [0.15, 0.2) is 12.2 Å². The molecule has 0 saturated carbocycles. The van der Waals surface area contributed by atoms with Crippen molar-refractivity contribution in [2.75, 3.05) is 0 Å². The molecular weight excluding hydrogens is 158 g/mol. The Morgan fingerprint density at radius 2 is 2.23 bits per heavy atom. The van der Waals surface area contributed by atoms with Gasteiger partial charge in [-0.2, -0.15) is 0 Å². The Bertz CT molecular complexity index is 258. The molecule has 0 spiro atoms. The summed E-state index contributed by atoms with van der Waals surface area (Å²) in [7, 11) is 0. The molecule has 1 heteroatoms. The van der Waals surface area contributed by atoms with E-state index >= 15 is 0 Å². The molecule has 4 unspecified atom stereocenters. The van der Waals surface area contributed by atoms with Crippen LogP contribution in [0.1, 0.15) is 39.5 Å². The third-order valence-corrected chi connectivity index (χ3v) is 4.32. The van der Waals surface area contributed by atoms with Gasteiger partial charge in [-0.05, 0) is 38.5 Å². The monoisotopic (exact) mass is 177 g/mol. The van der Waals surface area contributed by atoms with Gasteiger partial charge in [-0.15, -0.1) is 0 Å². The topological polar surface area (TPSA) is 3.24 Å². The molecule has 4 atom stereocenters. The molecule has 3 aliphatic rings.